The van der Waals surface area contributed by atoms with Crippen LogP contribution in [0, 0.1) is 43.8 Å². The van der Waals surface area contributed by atoms with E-state index < -0.39 is 11.5 Å². The smallest absolute Gasteiger partial charge is 0.302 e. The summed E-state index contributed by atoms with van der Waals surface area (Å²) < 4.78 is 6.27. The summed E-state index contributed by atoms with van der Waals surface area (Å²) in [5, 5.41) is 16.0. The van der Waals surface area contributed by atoms with E-state index in [-0.39, 0.29) is 62.6 Å². The van der Waals surface area contributed by atoms with Gasteiger partial charge in [0.1, 0.15) is 6.10 Å². The third-order valence-electron chi connectivity index (χ3n) is 16.2. The first-order chi connectivity index (χ1) is 23.4. The van der Waals surface area contributed by atoms with Crippen molar-refractivity contribution in [1.29, 1.82) is 0 Å². The molecule has 7 atom stereocenters. The molecule has 0 bridgehead atoms. The van der Waals surface area contributed by atoms with Gasteiger partial charge in [0.2, 0.25) is 6.41 Å². The van der Waals surface area contributed by atoms with E-state index in [0.29, 0.717) is 6.42 Å². The maximum atomic E-state index is 12.6. The molecule has 4 N–H and O–H groups in total. The first kappa shape index (κ1) is 49.9. The van der Waals surface area contributed by atoms with E-state index in [9.17, 15) is 14.7 Å². The van der Waals surface area contributed by atoms with E-state index in [1.54, 1.807) is 0 Å². The SMILES string of the molecule is CCC(C)(C)CC(OC(C)=O)C(C)(CC)C(CC)(CC)CC(O)C(C)(CC)C(C)CC(NC=O)C(CC)(CC)C(CC)(CC)CC(N)C(C)(C)C. The highest BCUT2D eigenvalue weighted by Crippen LogP contribution is 2.59. The van der Waals surface area contributed by atoms with Crippen LogP contribution in [0.3, 0.4) is 0 Å². The molecule has 0 aromatic rings. The van der Waals surface area contributed by atoms with Gasteiger partial charge in [-0.05, 0) is 115 Å². The Morgan fingerprint density at radius 2 is 1.22 bits per heavy atom. The van der Waals surface area contributed by atoms with Crippen molar-refractivity contribution in [2.45, 2.75) is 232 Å². The Bertz CT molecular complexity index is 1020. The van der Waals surface area contributed by atoms with Crippen molar-refractivity contribution in [2.24, 2.45) is 49.6 Å². The Hall–Kier alpha value is -1.14. The minimum Gasteiger partial charge on any atom is -0.462 e. The molecular weight excluding hydrogens is 633 g/mol. The van der Waals surface area contributed by atoms with Gasteiger partial charge in [0.25, 0.3) is 0 Å². The predicted molar refractivity (Wildman–Crippen MR) is 220 cm³/mol. The summed E-state index contributed by atoms with van der Waals surface area (Å²) in [6.07, 6.45) is 11.5. The van der Waals surface area contributed by atoms with Gasteiger partial charge >= 0.3 is 5.97 Å². The molecule has 0 radical (unpaired) electrons. The van der Waals surface area contributed by atoms with Gasteiger partial charge in [-0.25, -0.2) is 0 Å². The first-order valence-electron chi connectivity index (χ1n) is 21.2. The molecule has 7 unspecified atom stereocenters. The largest absolute Gasteiger partial charge is 0.462 e. The normalized spacial score (nSPS) is 18.9. The highest BCUT2D eigenvalue weighted by atomic mass is 16.5. The Morgan fingerprint density at radius 1 is 0.725 bits per heavy atom. The lowest BCUT2D eigenvalue weighted by molar-refractivity contribution is -0.173. The summed E-state index contributed by atoms with van der Waals surface area (Å²) >= 11 is 0. The summed E-state index contributed by atoms with van der Waals surface area (Å²) in [4.78, 5) is 25.1. The van der Waals surface area contributed by atoms with Gasteiger partial charge in [0.05, 0.1) is 6.10 Å². The predicted octanol–water partition coefficient (Wildman–Crippen LogP) is 11.7. The minimum atomic E-state index is -0.577. The Morgan fingerprint density at radius 3 is 1.55 bits per heavy atom. The zero-order chi connectivity index (χ0) is 40.3. The third kappa shape index (κ3) is 10.8. The molecule has 0 aromatic heterocycles. The molecule has 304 valence electrons. The van der Waals surface area contributed by atoms with E-state index in [1.165, 1.54) is 6.92 Å². The summed E-state index contributed by atoms with van der Waals surface area (Å²) in [6, 6.07) is -0.0208. The number of carbonyl (C=O) groups excluding carboxylic acids is 2. The standard InChI is InChI=1S/C45H90N2O4/c1-19-40(15,16)31-38(51-34(11)49)42(18,21-3)43(22-4,23-5)30-37(50)41(17,20-2)33(10)28-36(47-32-48)45(26-8,27-9)44(24-6,25-7)29-35(46)39(12,13)14/h32-33,35-38,50H,19-31,46H2,1-18H3,(H,47,48). The van der Waals surface area contributed by atoms with Crippen molar-refractivity contribution in [3.05, 3.63) is 0 Å². The fourth-order valence-corrected chi connectivity index (χ4v) is 10.5. The number of carbonyl (C=O) groups is 2. The molecule has 0 aromatic carbocycles. The zero-order valence-corrected chi connectivity index (χ0v) is 37.4. The van der Waals surface area contributed by atoms with Gasteiger partial charge < -0.3 is 20.9 Å². The summed E-state index contributed by atoms with van der Waals surface area (Å²) in [5.41, 5.74) is 5.78. The monoisotopic (exact) mass is 723 g/mol. The summed E-state index contributed by atoms with van der Waals surface area (Å²) in [7, 11) is 0. The number of nitrogens with two attached hydrogens (primary N) is 1. The first-order valence-corrected chi connectivity index (χ1v) is 21.2. The van der Waals surface area contributed by atoms with Crippen LogP contribution in [0.2, 0.25) is 0 Å². The highest BCUT2D eigenvalue weighted by molar-refractivity contribution is 5.66. The Kier molecular flexibility index (Phi) is 19.5. The second kappa shape index (κ2) is 20.0. The van der Waals surface area contributed by atoms with Crippen LogP contribution < -0.4 is 11.1 Å². The lowest BCUT2D eigenvalue weighted by Gasteiger charge is -2.57. The summed E-state index contributed by atoms with van der Waals surface area (Å²) in [5.74, 6) is -0.110. The fraction of sp³-hybridized carbons (Fsp3) is 0.956. The van der Waals surface area contributed by atoms with Gasteiger partial charge in [-0.2, -0.15) is 0 Å². The minimum absolute atomic E-state index is 0.0173. The number of ether oxygens (including phenoxy) is 1. The molecule has 0 heterocycles. The molecule has 0 rings (SSSR count). The van der Waals surface area contributed by atoms with E-state index in [4.69, 9.17) is 10.5 Å². The topological polar surface area (TPSA) is 102 Å². The molecule has 6 nitrogen and oxygen atoms in total. The number of esters is 1. The molecule has 51 heavy (non-hydrogen) atoms. The third-order valence-corrected chi connectivity index (χ3v) is 16.2. The van der Waals surface area contributed by atoms with Crippen LogP contribution in [-0.2, 0) is 14.3 Å². The number of rotatable bonds is 26. The molecular formula is C45H90N2O4. The van der Waals surface area contributed by atoms with E-state index >= 15 is 0 Å². The van der Waals surface area contributed by atoms with Gasteiger partial charge in [-0.1, -0.05) is 124 Å². The van der Waals surface area contributed by atoms with Crippen molar-refractivity contribution in [2.75, 3.05) is 0 Å². The molecule has 0 aliphatic carbocycles. The Balaban J connectivity index is 7.18. The van der Waals surface area contributed by atoms with E-state index in [1.807, 2.05) is 0 Å². The second-order valence-corrected chi connectivity index (χ2v) is 19.2. The van der Waals surface area contributed by atoms with E-state index in [2.05, 4.69) is 123 Å². The quantitative estimate of drug-likeness (QED) is 0.0609. The average molecular weight is 723 g/mol. The van der Waals surface area contributed by atoms with Gasteiger partial charge in [-0.3, -0.25) is 9.59 Å². The van der Waals surface area contributed by atoms with Crippen LogP contribution in [0.5, 0.6) is 0 Å². The van der Waals surface area contributed by atoms with Crippen LogP contribution in [0.1, 0.15) is 208 Å². The molecule has 0 aliphatic rings. The number of aliphatic hydroxyl groups excluding tert-OH is 1. The van der Waals surface area contributed by atoms with Crippen LogP contribution in [0.25, 0.3) is 0 Å². The molecule has 0 fully saturated rings. The van der Waals surface area contributed by atoms with Gasteiger partial charge in [0.15, 0.2) is 0 Å². The van der Waals surface area contributed by atoms with E-state index in [0.717, 1.165) is 83.5 Å². The number of hydrogen-bond acceptors (Lipinski definition) is 5. The number of amides is 1. The lowest BCUT2D eigenvalue weighted by atomic mass is 9.49. The molecule has 0 saturated heterocycles. The second-order valence-electron chi connectivity index (χ2n) is 19.2. The van der Waals surface area contributed by atoms with Gasteiger partial charge in [0, 0.05) is 24.4 Å². The van der Waals surface area contributed by atoms with Crippen molar-refractivity contribution >= 4 is 12.4 Å². The van der Waals surface area contributed by atoms with Crippen LogP contribution in [0.4, 0.5) is 0 Å². The molecule has 1 amide bonds. The molecule has 6 heteroatoms. The Labute approximate surface area is 318 Å². The highest BCUT2D eigenvalue weighted by Gasteiger charge is 2.56. The molecule has 0 aliphatic heterocycles. The number of nitrogens with one attached hydrogen (secondary N) is 1. The van der Waals surface area contributed by atoms with Crippen LogP contribution in [0.15, 0.2) is 0 Å². The lowest BCUT2D eigenvalue weighted by Crippen LogP contribution is -2.58. The summed E-state index contributed by atoms with van der Waals surface area (Å²) in [6.45, 7) is 40.0. The van der Waals surface area contributed by atoms with Crippen molar-refractivity contribution in [3.63, 3.8) is 0 Å². The molecule has 0 saturated carbocycles. The zero-order valence-electron chi connectivity index (χ0n) is 37.4. The average Bonchev–Trinajstić information content (AvgIpc) is 3.08. The molecule has 0 spiro atoms. The fourth-order valence-electron chi connectivity index (χ4n) is 10.5. The van der Waals surface area contributed by atoms with Crippen molar-refractivity contribution in [1.82, 2.24) is 5.32 Å². The van der Waals surface area contributed by atoms with Crippen molar-refractivity contribution < 1.29 is 19.4 Å². The van der Waals surface area contributed by atoms with Crippen LogP contribution >= 0.6 is 0 Å². The number of aliphatic hydroxyl groups is 1. The number of hydrogen-bond donors (Lipinski definition) is 3. The maximum absolute atomic E-state index is 12.6. The van der Waals surface area contributed by atoms with Crippen LogP contribution in [-0.4, -0.2) is 41.8 Å². The van der Waals surface area contributed by atoms with Gasteiger partial charge in [-0.15, -0.1) is 0 Å². The maximum Gasteiger partial charge on any atom is 0.302 e. The van der Waals surface area contributed by atoms with Crippen molar-refractivity contribution in [3.8, 4) is 0 Å².